The van der Waals surface area contributed by atoms with Crippen LogP contribution in [0.1, 0.15) is 48.2 Å². The molecule has 2 aromatic carbocycles. The highest BCUT2D eigenvalue weighted by molar-refractivity contribution is 6.42. The predicted molar refractivity (Wildman–Crippen MR) is 155 cm³/mol. The van der Waals surface area contributed by atoms with Crippen molar-refractivity contribution in [3.8, 4) is 0 Å². The number of carbonyl (C=O) groups excluding carboxylic acids is 3. The number of hydrogen-bond donors (Lipinski definition) is 1. The molecule has 39 heavy (non-hydrogen) atoms. The van der Waals surface area contributed by atoms with Crippen molar-refractivity contribution in [3.63, 3.8) is 0 Å². The Labute approximate surface area is 243 Å². The summed E-state index contributed by atoms with van der Waals surface area (Å²) in [5.41, 5.74) is 2.26. The van der Waals surface area contributed by atoms with E-state index in [4.69, 9.17) is 34.8 Å². The summed E-state index contributed by atoms with van der Waals surface area (Å²) in [5, 5.41) is 2.38. The number of nitrogens with zero attached hydrogens (tertiary/aromatic N) is 3. The van der Waals surface area contributed by atoms with E-state index >= 15 is 0 Å². The summed E-state index contributed by atoms with van der Waals surface area (Å²) in [6, 6.07) is 12.7. The molecule has 10 heteroatoms. The molecule has 2 fully saturated rings. The molecule has 1 N–H and O–H groups in total. The van der Waals surface area contributed by atoms with Gasteiger partial charge in [-0.1, -0.05) is 40.9 Å². The Bertz CT molecular complexity index is 1420. The monoisotopic (exact) mass is 588 g/mol. The van der Waals surface area contributed by atoms with Crippen LogP contribution in [0.25, 0.3) is 10.9 Å². The van der Waals surface area contributed by atoms with Crippen molar-refractivity contribution >= 4 is 63.4 Å². The van der Waals surface area contributed by atoms with Gasteiger partial charge < -0.3 is 19.7 Å². The van der Waals surface area contributed by atoms with Crippen LogP contribution in [0.5, 0.6) is 0 Å². The molecule has 2 aliphatic heterocycles. The summed E-state index contributed by atoms with van der Waals surface area (Å²) >= 11 is 18.7. The van der Waals surface area contributed by atoms with Gasteiger partial charge in [0.2, 0.25) is 11.8 Å². The lowest BCUT2D eigenvalue weighted by molar-refractivity contribution is -0.141. The van der Waals surface area contributed by atoms with Gasteiger partial charge in [-0.25, -0.2) is 0 Å². The Hall–Kier alpha value is -2.74. The average molecular weight is 590 g/mol. The zero-order valence-electron chi connectivity index (χ0n) is 21.9. The van der Waals surface area contributed by atoms with Crippen LogP contribution in [0.3, 0.4) is 0 Å². The Morgan fingerprint density at radius 2 is 1.62 bits per heavy atom. The molecule has 0 aliphatic carbocycles. The van der Waals surface area contributed by atoms with Gasteiger partial charge in [-0.2, -0.15) is 0 Å². The summed E-state index contributed by atoms with van der Waals surface area (Å²) in [5.74, 6) is -0.226. The summed E-state index contributed by atoms with van der Waals surface area (Å²) in [6.07, 6.45) is 1.95. The molecule has 2 aliphatic rings. The fourth-order valence-electron chi connectivity index (χ4n) is 5.93. The first kappa shape index (κ1) is 27.8. The van der Waals surface area contributed by atoms with E-state index in [9.17, 15) is 14.4 Å². The summed E-state index contributed by atoms with van der Waals surface area (Å²) in [4.78, 5) is 47.6. The van der Waals surface area contributed by atoms with E-state index in [1.807, 2.05) is 42.3 Å². The quantitative estimate of drug-likeness (QED) is 0.415. The first-order valence-corrected chi connectivity index (χ1v) is 14.3. The molecule has 1 aromatic heterocycles. The summed E-state index contributed by atoms with van der Waals surface area (Å²) < 4.78 is 0. The molecule has 5 rings (SSSR count). The molecule has 0 spiro atoms. The van der Waals surface area contributed by atoms with Gasteiger partial charge in [0.25, 0.3) is 5.91 Å². The summed E-state index contributed by atoms with van der Waals surface area (Å²) in [6.45, 7) is 3.79. The van der Waals surface area contributed by atoms with Crippen LogP contribution in [0.15, 0.2) is 42.5 Å². The Balaban J connectivity index is 1.38. The molecule has 0 bridgehead atoms. The van der Waals surface area contributed by atoms with Crippen LogP contribution in [0.4, 0.5) is 0 Å². The molecular formula is C29H31Cl3N4O3. The van der Waals surface area contributed by atoms with Crippen molar-refractivity contribution in [2.75, 3.05) is 33.2 Å². The van der Waals surface area contributed by atoms with Gasteiger partial charge in [-0.3, -0.25) is 14.4 Å². The van der Waals surface area contributed by atoms with Crippen LogP contribution in [-0.2, 0) is 9.59 Å². The maximum absolute atomic E-state index is 13.6. The van der Waals surface area contributed by atoms with Crippen molar-refractivity contribution in [2.24, 2.45) is 5.92 Å². The standard InChI is InChI=1S/C29H31Cl3N4O3/c1-17(37)35-10-7-18(8-11-35)28(38)36-12-9-27(22(16-36)19-3-5-23(31)24(32)14-19)34(2)29(39)26-15-20-13-21(30)4-6-25(20)33-26/h3-6,13-15,18,22,27,33H,7-12,16H2,1-2H3/t22-,27+/m0/s1. The van der Waals surface area contributed by atoms with Crippen molar-refractivity contribution in [3.05, 3.63) is 68.8 Å². The number of fused-ring (bicyclic) bond motifs is 1. The normalized spacial score (nSPS) is 20.3. The number of likely N-dealkylation sites (tertiary alicyclic amines) is 2. The number of amides is 3. The zero-order valence-corrected chi connectivity index (χ0v) is 24.2. The minimum Gasteiger partial charge on any atom is -0.351 e. The van der Waals surface area contributed by atoms with E-state index in [1.165, 1.54) is 0 Å². The van der Waals surface area contributed by atoms with Gasteiger partial charge in [0, 0.05) is 74.0 Å². The molecule has 2 atom stereocenters. The number of halogens is 3. The third kappa shape index (κ3) is 5.76. The number of benzene rings is 2. The fourth-order valence-corrected chi connectivity index (χ4v) is 6.42. The topological polar surface area (TPSA) is 76.7 Å². The number of carbonyl (C=O) groups is 3. The van der Waals surface area contributed by atoms with Crippen molar-refractivity contribution in [2.45, 2.75) is 38.1 Å². The van der Waals surface area contributed by atoms with E-state index in [2.05, 4.69) is 4.98 Å². The highest BCUT2D eigenvalue weighted by Crippen LogP contribution is 2.36. The first-order chi connectivity index (χ1) is 18.6. The third-order valence-corrected chi connectivity index (χ3v) is 9.15. The van der Waals surface area contributed by atoms with E-state index < -0.39 is 0 Å². The molecule has 0 radical (unpaired) electrons. The van der Waals surface area contributed by atoms with Crippen molar-refractivity contribution in [1.82, 2.24) is 19.7 Å². The average Bonchev–Trinajstić information content (AvgIpc) is 3.36. The van der Waals surface area contributed by atoms with Crippen LogP contribution >= 0.6 is 34.8 Å². The molecule has 7 nitrogen and oxygen atoms in total. The summed E-state index contributed by atoms with van der Waals surface area (Å²) in [7, 11) is 1.81. The van der Waals surface area contributed by atoms with Gasteiger partial charge in [0.15, 0.2) is 0 Å². The maximum atomic E-state index is 13.6. The minimum absolute atomic E-state index is 0.0483. The molecule has 0 unspecified atom stereocenters. The lowest BCUT2D eigenvalue weighted by atomic mass is 9.84. The van der Waals surface area contributed by atoms with E-state index in [0.717, 1.165) is 16.5 Å². The molecule has 3 aromatic rings. The highest BCUT2D eigenvalue weighted by atomic mass is 35.5. The number of aromatic nitrogens is 1. The van der Waals surface area contributed by atoms with E-state index in [-0.39, 0.29) is 35.6 Å². The van der Waals surface area contributed by atoms with Crippen molar-refractivity contribution < 1.29 is 14.4 Å². The Morgan fingerprint density at radius 1 is 0.897 bits per heavy atom. The van der Waals surface area contributed by atoms with Gasteiger partial charge >= 0.3 is 0 Å². The number of rotatable bonds is 4. The SMILES string of the molecule is CC(=O)N1CCC(C(=O)N2CC[C@@H](N(C)C(=O)c3cc4cc(Cl)ccc4[nH]3)[C@H](c3ccc(Cl)c(Cl)c3)C2)CC1. The Kier molecular flexibility index (Phi) is 8.13. The van der Waals surface area contributed by atoms with Crippen molar-refractivity contribution in [1.29, 1.82) is 0 Å². The third-order valence-electron chi connectivity index (χ3n) is 8.18. The van der Waals surface area contributed by atoms with E-state index in [1.54, 1.807) is 28.9 Å². The van der Waals surface area contributed by atoms with E-state index in [0.29, 0.717) is 66.2 Å². The lowest BCUT2D eigenvalue weighted by Crippen LogP contribution is -2.53. The number of H-pyrrole nitrogens is 1. The van der Waals surface area contributed by atoms with Crippen LogP contribution in [0, 0.1) is 5.92 Å². The molecule has 3 amide bonds. The first-order valence-electron chi connectivity index (χ1n) is 13.2. The second-order valence-corrected chi connectivity index (χ2v) is 11.8. The fraction of sp³-hybridized carbons (Fsp3) is 0.414. The van der Waals surface area contributed by atoms with Gasteiger partial charge in [0.05, 0.1) is 10.0 Å². The Morgan fingerprint density at radius 3 is 2.31 bits per heavy atom. The number of aromatic amines is 1. The molecular weight excluding hydrogens is 559 g/mol. The van der Waals surface area contributed by atoms with Gasteiger partial charge in [-0.05, 0) is 61.2 Å². The molecule has 2 saturated heterocycles. The van der Waals surface area contributed by atoms with Gasteiger partial charge in [-0.15, -0.1) is 0 Å². The van der Waals surface area contributed by atoms with Crippen LogP contribution < -0.4 is 0 Å². The predicted octanol–water partition coefficient (Wildman–Crippen LogP) is 5.84. The molecule has 3 heterocycles. The number of nitrogens with one attached hydrogen (secondary N) is 1. The minimum atomic E-state index is -0.159. The second kappa shape index (κ2) is 11.4. The van der Waals surface area contributed by atoms with Crippen LogP contribution in [0.2, 0.25) is 15.1 Å². The maximum Gasteiger partial charge on any atom is 0.270 e. The largest absolute Gasteiger partial charge is 0.351 e. The second-order valence-electron chi connectivity index (χ2n) is 10.5. The zero-order chi connectivity index (χ0) is 27.8. The smallest absolute Gasteiger partial charge is 0.270 e. The highest BCUT2D eigenvalue weighted by Gasteiger charge is 2.39. The molecule has 206 valence electrons. The van der Waals surface area contributed by atoms with Crippen LogP contribution in [-0.4, -0.2) is 76.7 Å². The number of piperidine rings is 2. The lowest BCUT2D eigenvalue weighted by Gasteiger charge is -2.44. The number of hydrogen-bond acceptors (Lipinski definition) is 3. The molecule has 0 saturated carbocycles. The number of likely N-dealkylation sites (N-methyl/N-ethyl adjacent to an activating group) is 1. The van der Waals surface area contributed by atoms with Gasteiger partial charge in [0.1, 0.15) is 5.69 Å².